The second-order valence-electron chi connectivity index (χ2n) is 7.71. The van der Waals surface area contributed by atoms with E-state index >= 15 is 0 Å². The number of fused-ring (bicyclic) bond motifs is 1. The SMILES string of the molecule is CCCc1ccc([C@H]([NH2+][C@@H](C)c2nc3ccccc3c(=O)[nH]2)C(C)C)cc1. The highest BCUT2D eigenvalue weighted by molar-refractivity contribution is 5.77. The van der Waals surface area contributed by atoms with Crippen LogP contribution in [0.3, 0.4) is 0 Å². The van der Waals surface area contributed by atoms with Crippen LogP contribution >= 0.6 is 0 Å². The molecule has 0 amide bonds. The molecule has 2 atom stereocenters. The zero-order chi connectivity index (χ0) is 19.4. The molecule has 0 saturated carbocycles. The van der Waals surface area contributed by atoms with E-state index in [0.29, 0.717) is 17.3 Å². The molecule has 3 N–H and O–H groups in total. The van der Waals surface area contributed by atoms with Crippen molar-refractivity contribution in [3.63, 3.8) is 0 Å². The topological polar surface area (TPSA) is 62.4 Å². The van der Waals surface area contributed by atoms with Gasteiger partial charge in [-0.05, 0) is 31.0 Å². The van der Waals surface area contributed by atoms with E-state index < -0.39 is 0 Å². The lowest BCUT2D eigenvalue weighted by Gasteiger charge is -2.23. The normalized spacial score (nSPS) is 13.8. The second kappa shape index (κ2) is 8.49. The molecule has 0 bridgehead atoms. The first kappa shape index (κ1) is 19.3. The van der Waals surface area contributed by atoms with Crippen LogP contribution in [0.15, 0.2) is 53.3 Å². The largest absolute Gasteiger partial charge is 0.331 e. The summed E-state index contributed by atoms with van der Waals surface area (Å²) in [7, 11) is 0. The van der Waals surface area contributed by atoms with Gasteiger partial charge in [0.25, 0.3) is 5.56 Å². The predicted molar refractivity (Wildman–Crippen MR) is 111 cm³/mol. The van der Waals surface area contributed by atoms with E-state index in [1.54, 1.807) is 0 Å². The van der Waals surface area contributed by atoms with Gasteiger partial charge in [0.1, 0.15) is 12.1 Å². The minimum absolute atomic E-state index is 0.0602. The van der Waals surface area contributed by atoms with Gasteiger partial charge in [0.2, 0.25) is 0 Å². The predicted octanol–water partition coefficient (Wildman–Crippen LogP) is 3.90. The Hall–Kier alpha value is -2.46. The summed E-state index contributed by atoms with van der Waals surface area (Å²) in [5, 5.41) is 2.95. The molecule has 4 nitrogen and oxygen atoms in total. The van der Waals surface area contributed by atoms with Crippen molar-refractivity contribution in [2.45, 2.75) is 52.6 Å². The van der Waals surface area contributed by atoms with Crippen molar-refractivity contribution in [1.82, 2.24) is 9.97 Å². The third-order valence-corrected chi connectivity index (χ3v) is 5.18. The molecule has 0 aliphatic rings. The van der Waals surface area contributed by atoms with Crippen LogP contribution in [-0.4, -0.2) is 9.97 Å². The van der Waals surface area contributed by atoms with Crippen LogP contribution < -0.4 is 10.9 Å². The number of para-hydroxylation sites is 1. The van der Waals surface area contributed by atoms with E-state index in [0.717, 1.165) is 24.2 Å². The van der Waals surface area contributed by atoms with Gasteiger partial charge >= 0.3 is 0 Å². The second-order valence-corrected chi connectivity index (χ2v) is 7.71. The molecule has 0 fully saturated rings. The number of nitrogens with two attached hydrogens (primary N) is 1. The molecule has 0 spiro atoms. The zero-order valence-corrected chi connectivity index (χ0v) is 16.7. The third-order valence-electron chi connectivity index (χ3n) is 5.18. The Kier molecular flexibility index (Phi) is 6.07. The molecule has 0 radical (unpaired) electrons. The summed E-state index contributed by atoms with van der Waals surface area (Å²) in [4.78, 5) is 20.1. The summed E-state index contributed by atoms with van der Waals surface area (Å²) in [6.07, 6.45) is 2.28. The molecule has 4 heteroatoms. The Labute approximate surface area is 161 Å². The highest BCUT2D eigenvalue weighted by Crippen LogP contribution is 2.20. The lowest BCUT2D eigenvalue weighted by Crippen LogP contribution is -2.87. The fraction of sp³-hybridized carbons (Fsp3) is 0.391. The number of quaternary nitrogens is 1. The molecule has 0 aliphatic heterocycles. The maximum atomic E-state index is 12.4. The van der Waals surface area contributed by atoms with Gasteiger partial charge < -0.3 is 10.3 Å². The Balaban J connectivity index is 1.85. The maximum absolute atomic E-state index is 12.4. The summed E-state index contributed by atoms with van der Waals surface area (Å²) in [6.45, 7) is 8.79. The number of aryl methyl sites for hydroxylation is 1. The number of aromatic amines is 1. The average Bonchev–Trinajstić information content (AvgIpc) is 2.66. The van der Waals surface area contributed by atoms with Crippen LogP contribution in [0.2, 0.25) is 0 Å². The first-order valence-corrected chi connectivity index (χ1v) is 9.92. The number of nitrogens with one attached hydrogen (secondary N) is 1. The molecule has 2 aromatic carbocycles. The van der Waals surface area contributed by atoms with Crippen molar-refractivity contribution >= 4 is 10.9 Å². The van der Waals surface area contributed by atoms with Gasteiger partial charge in [-0.1, -0.05) is 63.6 Å². The van der Waals surface area contributed by atoms with Crippen LogP contribution in [-0.2, 0) is 6.42 Å². The molecule has 3 rings (SSSR count). The number of hydrogen-bond donors (Lipinski definition) is 2. The number of nitrogens with zero attached hydrogens (tertiary/aromatic N) is 1. The summed E-state index contributed by atoms with van der Waals surface area (Å²) < 4.78 is 0. The van der Waals surface area contributed by atoms with E-state index in [1.165, 1.54) is 11.1 Å². The summed E-state index contributed by atoms with van der Waals surface area (Å²) in [6, 6.07) is 16.8. The molecule has 27 heavy (non-hydrogen) atoms. The van der Waals surface area contributed by atoms with Crippen LogP contribution in [0.4, 0.5) is 0 Å². The van der Waals surface area contributed by atoms with Crippen LogP contribution in [0.1, 0.15) is 63.2 Å². The molecule has 142 valence electrons. The van der Waals surface area contributed by atoms with Gasteiger partial charge in [-0.25, -0.2) is 4.98 Å². The Morgan fingerprint density at radius 1 is 1.04 bits per heavy atom. The molecular weight excluding hydrogens is 334 g/mol. The number of rotatable bonds is 7. The van der Waals surface area contributed by atoms with Crippen molar-refractivity contribution in [3.05, 3.63) is 75.8 Å². The smallest absolute Gasteiger partial charge is 0.258 e. The van der Waals surface area contributed by atoms with Gasteiger partial charge in [0.15, 0.2) is 5.82 Å². The molecular formula is C23H30N3O+. The summed E-state index contributed by atoms with van der Waals surface area (Å²) in [5.74, 6) is 1.20. The van der Waals surface area contributed by atoms with E-state index in [2.05, 4.69) is 62.3 Å². The van der Waals surface area contributed by atoms with E-state index in [1.807, 2.05) is 24.3 Å². The van der Waals surface area contributed by atoms with Crippen molar-refractivity contribution < 1.29 is 5.32 Å². The molecule has 0 unspecified atom stereocenters. The Bertz CT molecular complexity index is 944. The molecule has 0 aliphatic carbocycles. The quantitative estimate of drug-likeness (QED) is 0.668. The number of H-pyrrole nitrogens is 1. The average molecular weight is 365 g/mol. The highest BCUT2D eigenvalue weighted by Gasteiger charge is 2.24. The first-order chi connectivity index (χ1) is 13.0. The number of benzene rings is 2. The van der Waals surface area contributed by atoms with Crippen LogP contribution in [0, 0.1) is 5.92 Å². The van der Waals surface area contributed by atoms with E-state index in [4.69, 9.17) is 4.98 Å². The van der Waals surface area contributed by atoms with Gasteiger partial charge in [-0.2, -0.15) is 0 Å². The molecule has 3 aromatic rings. The lowest BCUT2D eigenvalue weighted by atomic mass is 9.94. The summed E-state index contributed by atoms with van der Waals surface area (Å²) in [5.41, 5.74) is 3.39. The van der Waals surface area contributed by atoms with Crippen molar-refractivity contribution in [1.29, 1.82) is 0 Å². The van der Waals surface area contributed by atoms with Crippen molar-refractivity contribution in [2.75, 3.05) is 0 Å². The zero-order valence-electron chi connectivity index (χ0n) is 16.7. The standard InChI is InChI=1S/C23H29N3O/c1-5-8-17-11-13-18(14-12-17)21(15(2)3)24-16(4)22-25-20-10-7-6-9-19(20)23(27)26-22/h6-7,9-16,21,24H,5,8H2,1-4H3,(H,25,26,27)/p+1/t16-,21+/m0/s1. The number of hydrogen-bond acceptors (Lipinski definition) is 2. The van der Waals surface area contributed by atoms with Gasteiger partial charge in [0, 0.05) is 11.5 Å². The van der Waals surface area contributed by atoms with Gasteiger partial charge in [0.05, 0.1) is 10.9 Å². The Morgan fingerprint density at radius 3 is 2.41 bits per heavy atom. The molecule has 1 aromatic heterocycles. The summed E-state index contributed by atoms with van der Waals surface area (Å²) >= 11 is 0. The van der Waals surface area contributed by atoms with E-state index in [9.17, 15) is 4.79 Å². The molecule has 0 saturated heterocycles. The highest BCUT2D eigenvalue weighted by atomic mass is 16.1. The third kappa shape index (κ3) is 4.45. The van der Waals surface area contributed by atoms with Crippen molar-refractivity contribution in [3.8, 4) is 0 Å². The molecule has 1 heterocycles. The maximum Gasteiger partial charge on any atom is 0.258 e. The number of aromatic nitrogens is 2. The fourth-order valence-electron chi connectivity index (χ4n) is 3.64. The van der Waals surface area contributed by atoms with Crippen LogP contribution in [0.5, 0.6) is 0 Å². The minimum atomic E-state index is -0.0686. The van der Waals surface area contributed by atoms with Crippen LogP contribution in [0.25, 0.3) is 10.9 Å². The fourth-order valence-corrected chi connectivity index (χ4v) is 3.64. The van der Waals surface area contributed by atoms with E-state index in [-0.39, 0.29) is 11.6 Å². The Morgan fingerprint density at radius 2 is 1.74 bits per heavy atom. The monoisotopic (exact) mass is 364 g/mol. The lowest BCUT2D eigenvalue weighted by molar-refractivity contribution is -0.738. The minimum Gasteiger partial charge on any atom is -0.331 e. The van der Waals surface area contributed by atoms with Gasteiger partial charge in [-0.15, -0.1) is 0 Å². The van der Waals surface area contributed by atoms with Gasteiger partial charge in [-0.3, -0.25) is 4.79 Å². The first-order valence-electron chi connectivity index (χ1n) is 9.92. The van der Waals surface area contributed by atoms with Crippen molar-refractivity contribution in [2.24, 2.45) is 5.92 Å².